The lowest BCUT2D eigenvalue weighted by atomic mass is 10.1. The maximum Gasteiger partial charge on any atom is 0.392 e. The van der Waals surface area contributed by atoms with Gasteiger partial charge >= 0.3 is 8.56 Å². The Morgan fingerprint density at radius 2 is 1.59 bits per heavy atom. The molecule has 126 valence electrons. The summed E-state index contributed by atoms with van der Waals surface area (Å²) in [4.78, 5) is 0. The Labute approximate surface area is 136 Å². The van der Waals surface area contributed by atoms with E-state index in [-0.39, 0.29) is 5.82 Å². The van der Waals surface area contributed by atoms with Crippen molar-refractivity contribution < 1.29 is 13.2 Å². The molecule has 0 aromatic heterocycles. The van der Waals surface area contributed by atoms with E-state index in [2.05, 4.69) is 6.92 Å². The van der Waals surface area contributed by atoms with Crippen molar-refractivity contribution >= 4 is 8.56 Å². The topological polar surface area (TPSA) is 18.5 Å². The summed E-state index contributed by atoms with van der Waals surface area (Å²) in [5.41, 5.74) is 0. The smallest absolute Gasteiger partial charge is 0.392 e. The highest BCUT2D eigenvalue weighted by atomic mass is 28.4. The molecule has 2 nitrogen and oxygen atoms in total. The molecule has 0 spiro atoms. The third-order valence-electron chi connectivity index (χ3n) is 3.61. The van der Waals surface area contributed by atoms with Crippen molar-refractivity contribution in [2.45, 2.75) is 71.4 Å². The quantitative estimate of drug-likeness (QED) is 0.343. The van der Waals surface area contributed by atoms with Crippen molar-refractivity contribution in [3.05, 3.63) is 30.1 Å². The molecule has 0 N–H and O–H groups in total. The van der Waals surface area contributed by atoms with Crippen LogP contribution >= 0.6 is 0 Å². The summed E-state index contributed by atoms with van der Waals surface area (Å²) in [6, 6.07) is 6.27. The van der Waals surface area contributed by atoms with Gasteiger partial charge in [0.1, 0.15) is 11.6 Å². The van der Waals surface area contributed by atoms with Gasteiger partial charge in [0.2, 0.25) is 0 Å². The van der Waals surface area contributed by atoms with Gasteiger partial charge in [-0.3, -0.25) is 0 Å². The molecule has 0 radical (unpaired) electrons. The number of hydrogen-bond donors (Lipinski definition) is 0. The molecule has 0 saturated heterocycles. The lowest BCUT2D eigenvalue weighted by Gasteiger charge is -2.23. The minimum absolute atomic E-state index is 0.273. The highest BCUT2D eigenvalue weighted by molar-refractivity contribution is 6.65. The number of benzene rings is 1. The Kier molecular flexibility index (Phi) is 9.40. The lowest BCUT2D eigenvalue weighted by molar-refractivity contribution is 0.240. The average Bonchev–Trinajstić information content (AvgIpc) is 2.45. The predicted octanol–water partition coefficient (Wildman–Crippen LogP) is 6.06. The zero-order chi connectivity index (χ0) is 16.3. The van der Waals surface area contributed by atoms with Crippen molar-refractivity contribution in [2.24, 2.45) is 0 Å². The van der Waals surface area contributed by atoms with Gasteiger partial charge in [-0.2, -0.15) is 0 Å². The van der Waals surface area contributed by atoms with Crippen molar-refractivity contribution in [2.75, 3.05) is 6.61 Å². The fourth-order valence-electron chi connectivity index (χ4n) is 2.40. The minimum atomic E-state index is -2.22. The van der Waals surface area contributed by atoms with Gasteiger partial charge in [0.25, 0.3) is 0 Å². The molecular weight excluding hydrogens is 295 g/mol. The SMILES string of the molecule is CCCCCCCCCCO[Si](C)(C)Oc1cccc(F)c1. The molecule has 1 aromatic rings. The first-order chi connectivity index (χ1) is 10.5. The molecule has 0 atom stereocenters. The normalized spacial score (nSPS) is 11.6. The number of halogens is 1. The Bertz CT molecular complexity index is 410. The van der Waals surface area contributed by atoms with E-state index in [9.17, 15) is 4.39 Å². The van der Waals surface area contributed by atoms with Crippen LogP contribution in [0.15, 0.2) is 24.3 Å². The number of rotatable bonds is 12. The van der Waals surface area contributed by atoms with Gasteiger partial charge < -0.3 is 8.85 Å². The van der Waals surface area contributed by atoms with Crippen LogP contribution in [0.5, 0.6) is 5.75 Å². The average molecular weight is 327 g/mol. The Morgan fingerprint density at radius 1 is 0.955 bits per heavy atom. The van der Waals surface area contributed by atoms with E-state index in [0.29, 0.717) is 5.75 Å². The van der Waals surface area contributed by atoms with Gasteiger partial charge in [-0.25, -0.2) is 4.39 Å². The van der Waals surface area contributed by atoms with Crippen LogP contribution in [0.3, 0.4) is 0 Å². The van der Waals surface area contributed by atoms with Crippen LogP contribution in [-0.4, -0.2) is 15.2 Å². The van der Waals surface area contributed by atoms with Gasteiger partial charge in [-0.05, 0) is 31.6 Å². The summed E-state index contributed by atoms with van der Waals surface area (Å²) in [7, 11) is -2.22. The van der Waals surface area contributed by atoms with Crippen LogP contribution in [0.2, 0.25) is 13.1 Å². The molecule has 22 heavy (non-hydrogen) atoms. The largest absolute Gasteiger partial charge is 0.520 e. The van der Waals surface area contributed by atoms with E-state index in [1.165, 1.54) is 57.1 Å². The fraction of sp³-hybridized carbons (Fsp3) is 0.667. The second-order valence-electron chi connectivity index (χ2n) is 6.28. The van der Waals surface area contributed by atoms with Gasteiger partial charge in [0.15, 0.2) is 0 Å². The van der Waals surface area contributed by atoms with E-state index in [0.717, 1.165) is 13.0 Å². The molecule has 1 rings (SSSR count). The Balaban J connectivity index is 2.10. The van der Waals surface area contributed by atoms with Gasteiger partial charge in [-0.1, -0.05) is 57.9 Å². The van der Waals surface area contributed by atoms with Crippen molar-refractivity contribution in [3.8, 4) is 5.75 Å². The summed E-state index contributed by atoms with van der Waals surface area (Å²) in [6.07, 6.45) is 10.3. The monoisotopic (exact) mass is 326 g/mol. The first kappa shape index (κ1) is 19.2. The van der Waals surface area contributed by atoms with E-state index in [1.807, 2.05) is 13.1 Å². The molecule has 0 saturated carbocycles. The van der Waals surface area contributed by atoms with Crippen LogP contribution < -0.4 is 4.43 Å². The van der Waals surface area contributed by atoms with Gasteiger partial charge in [0, 0.05) is 12.7 Å². The minimum Gasteiger partial charge on any atom is -0.520 e. The lowest BCUT2D eigenvalue weighted by Crippen LogP contribution is -2.38. The fourth-order valence-corrected chi connectivity index (χ4v) is 3.79. The Hall–Kier alpha value is -0.873. The predicted molar refractivity (Wildman–Crippen MR) is 93.1 cm³/mol. The van der Waals surface area contributed by atoms with E-state index in [1.54, 1.807) is 12.1 Å². The molecular formula is C18H31FO2Si. The summed E-state index contributed by atoms with van der Waals surface area (Å²) in [5, 5.41) is 0. The zero-order valence-corrected chi connectivity index (χ0v) is 15.4. The summed E-state index contributed by atoms with van der Waals surface area (Å²) >= 11 is 0. The zero-order valence-electron chi connectivity index (χ0n) is 14.4. The molecule has 1 aromatic carbocycles. The van der Waals surface area contributed by atoms with Crippen LogP contribution in [0, 0.1) is 5.82 Å². The highest BCUT2D eigenvalue weighted by Crippen LogP contribution is 2.18. The Morgan fingerprint density at radius 3 is 2.23 bits per heavy atom. The van der Waals surface area contributed by atoms with E-state index >= 15 is 0 Å². The van der Waals surface area contributed by atoms with Crippen LogP contribution in [0.4, 0.5) is 4.39 Å². The van der Waals surface area contributed by atoms with Gasteiger partial charge in [-0.15, -0.1) is 0 Å². The third-order valence-corrected chi connectivity index (χ3v) is 5.23. The van der Waals surface area contributed by atoms with Crippen molar-refractivity contribution in [1.29, 1.82) is 0 Å². The standard InChI is InChI=1S/C18H31FO2Si/c1-4-5-6-7-8-9-10-11-15-20-22(2,3)21-18-14-12-13-17(19)16-18/h12-14,16H,4-11,15H2,1-3H3. The van der Waals surface area contributed by atoms with Crippen molar-refractivity contribution in [3.63, 3.8) is 0 Å². The molecule has 0 unspecified atom stereocenters. The van der Waals surface area contributed by atoms with Crippen LogP contribution in [0.25, 0.3) is 0 Å². The summed E-state index contributed by atoms with van der Waals surface area (Å²) < 4.78 is 24.9. The molecule has 0 aliphatic rings. The highest BCUT2D eigenvalue weighted by Gasteiger charge is 2.26. The maximum absolute atomic E-state index is 13.1. The number of hydrogen-bond acceptors (Lipinski definition) is 2. The first-order valence-electron chi connectivity index (χ1n) is 8.62. The summed E-state index contributed by atoms with van der Waals surface area (Å²) in [6.45, 7) is 6.99. The molecule has 0 amide bonds. The molecule has 0 fully saturated rings. The second kappa shape index (κ2) is 10.8. The number of unbranched alkanes of at least 4 members (excludes halogenated alkanes) is 7. The van der Waals surface area contributed by atoms with E-state index in [4.69, 9.17) is 8.85 Å². The van der Waals surface area contributed by atoms with Crippen molar-refractivity contribution in [1.82, 2.24) is 0 Å². The molecule has 0 aliphatic carbocycles. The molecule has 0 aliphatic heterocycles. The first-order valence-corrected chi connectivity index (χ1v) is 11.4. The molecule has 4 heteroatoms. The van der Waals surface area contributed by atoms with Crippen LogP contribution in [0.1, 0.15) is 58.3 Å². The molecule has 0 bridgehead atoms. The summed E-state index contributed by atoms with van der Waals surface area (Å²) in [5.74, 6) is 0.290. The molecule has 0 heterocycles. The van der Waals surface area contributed by atoms with Gasteiger partial charge in [0.05, 0.1) is 0 Å². The van der Waals surface area contributed by atoms with Crippen LogP contribution in [-0.2, 0) is 4.43 Å². The van der Waals surface area contributed by atoms with E-state index < -0.39 is 8.56 Å². The third kappa shape index (κ3) is 9.21. The maximum atomic E-state index is 13.1. The second-order valence-corrected chi connectivity index (χ2v) is 9.58.